The molecule has 0 saturated carbocycles. The molecule has 1 amide bonds. The number of rotatable bonds is 5. The van der Waals surface area contributed by atoms with Gasteiger partial charge in [-0.05, 0) is 43.2 Å². The number of hydrogen-bond acceptors (Lipinski definition) is 3. The van der Waals surface area contributed by atoms with Crippen LogP contribution in [0.15, 0.2) is 48.8 Å². The van der Waals surface area contributed by atoms with Gasteiger partial charge in [-0.15, -0.1) is 0 Å². The number of aromatic nitrogens is 3. The summed E-state index contributed by atoms with van der Waals surface area (Å²) in [5.74, 6) is 0.570. The SMILES string of the molecule is Cc1c(-c2ccncc2)n[nH]c1NC(=O)CCc1ccc(Cl)cc1. The summed E-state index contributed by atoms with van der Waals surface area (Å²) in [7, 11) is 0. The fourth-order valence-electron chi connectivity index (χ4n) is 2.42. The number of benzene rings is 1. The van der Waals surface area contributed by atoms with Crippen molar-refractivity contribution in [3.05, 3.63) is 64.9 Å². The van der Waals surface area contributed by atoms with Crippen LogP contribution >= 0.6 is 11.6 Å². The lowest BCUT2D eigenvalue weighted by Crippen LogP contribution is -2.13. The number of H-pyrrole nitrogens is 1. The Labute approximate surface area is 145 Å². The molecule has 0 atom stereocenters. The molecule has 0 unspecified atom stereocenters. The summed E-state index contributed by atoms with van der Waals surface area (Å²) >= 11 is 5.86. The molecule has 5 nitrogen and oxygen atoms in total. The second-order valence-corrected chi connectivity index (χ2v) is 5.92. The number of pyridine rings is 1. The third-order valence-electron chi connectivity index (χ3n) is 3.78. The van der Waals surface area contributed by atoms with E-state index in [-0.39, 0.29) is 5.91 Å². The molecule has 6 heteroatoms. The molecule has 0 aliphatic rings. The van der Waals surface area contributed by atoms with E-state index >= 15 is 0 Å². The number of nitrogens with one attached hydrogen (secondary N) is 2. The summed E-state index contributed by atoms with van der Waals surface area (Å²) < 4.78 is 0. The van der Waals surface area contributed by atoms with Gasteiger partial charge in [0.15, 0.2) is 0 Å². The number of carbonyl (C=O) groups is 1. The minimum absolute atomic E-state index is 0.0574. The van der Waals surface area contributed by atoms with Gasteiger partial charge >= 0.3 is 0 Å². The zero-order chi connectivity index (χ0) is 16.9. The molecule has 3 rings (SSSR count). The van der Waals surface area contributed by atoms with Gasteiger partial charge in [-0.2, -0.15) is 5.10 Å². The normalized spacial score (nSPS) is 10.6. The second-order valence-electron chi connectivity index (χ2n) is 5.48. The Morgan fingerprint density at radius 3 is 2.58 bits per heavy atom. The molecule has 2 aromatic heterocycles. The Morgan fingerprint density at radius 1 is 1.17 bits per heavy atom. The van der Waals surface area contributed by atoms with Crippen LogP contribution in [0.2, 0.25) is 5.02 Å². The maximum atomic E-state index is 12.2. The molecule has 0 aliphatic carbocycles. The monoisotopic (exact) mass is 340 g/mol. The molecule has 0 aliphatic heterocycles. The zero-order valence-corrected chi connectivity index (χ0v) is 14.0. The van der Waals surface area contributed by atoms with Crippen molar-refractivity contribution in [1.82, 2.24) is 15.2 Å². The molecule has 0 fully saturated rings. The fraction of sp³-hybridized carbons (Fsp3) is 0.167. The van der Waals surface area contributed by atoms with E-state index in [1.54, 1.807) is 12.4 Å². The van der Waals surface area contributed by atoms with E-state index in [4.69, 9.17) is 11.6 Å². The van der Waals surface area contributed by atoms with E-state index in [0.717, 1.165) is 22.4 Å². The molecular weight excluding hydrogens is 324 g/mol. The van der Waals surface area contributed by atoms with Crippen LogP contribution in [0.3, 0.4) is 0 Å². The summed E-state index contributed by atoms with van der Waals surface area (Å²) in [6.07, 6.45) is 4.49. The lowest BCUT2D eigenvalue weighted by molar-refractivity contribution is -0.116. The Kier molecular flexibility index (Phi) is 4.91. The second kappa shape index (κ2) is 7.27. The standard InChI is InChI=1S/C18H17ClN4O/c1-12-17(14-8-10-20-11-9-14)22-23-18(12)21-16(24)7-4-13-2-5-15(19)6-3-13/h2-3,5-6,8-11H,4,7H2,1H3,(H2,21,22,23,24). The predicted octanol–water partition coefficient (Wildman–Crippen LogP) is 4.00. The van der Waals surface area contributed by atoms with Crippen molar-refractivity contribution in [2.45, 2.75) is 19.8 Å². The van der Waals surface area contributed by atoms with Crippen molar-refractivity contribution in [2.75, 3.05) is 5.32 Å². The van der Waals surface area contributed by atoms with Crippen LogP contribution in [-0.2, 0) is 11.2 Å². The molecule has 0 saturated heterocycles. The van der Waals surface area contributed by atoms with E-state index in [1.165, 1.54) is 0 Å². The maximum Gasteiger partial charge on any atom is 0.225 e. The average Bonchev–Trinajstić information content (AvgIpc) is 2.96. The average molecular weight is 341 g/mol. The van der Waals surface area contributed by atoms with Gasteiger partial charge in [-0.1, -0.05) is 23.7 Å². The van der Waals surface area contributed by atoms with Crippen molar-refractivity contribution < 1.29 is 4.79 Å². The van der Waals surface area contributed by atoms with Crippen molar-refractivity contribution in [1.29, 1.82) is 0 Å². The number of anilines is 1. The summed E-state index contributed by atoms with van der Waals surface area (Å²) in [4.78, 5) is 16.2. The Bertz CT molecular complexity index is 828. The van der Waals surface area contributed by atoms with Gasteiger partial charge < -0.3 is 5.32 Å². The van der Waals surface area contributed by atoms with Crippen molar-refractivity contribution in [2.24, 2.45) is 0 Å². The highest BCUT2D eigenvalue weighted by atomic mass is 35.5. The van der Waals surface area contributed by atoms with Crippen LogP contribution in [0.5, 0.6) is 0 Å². The summed E-state index contributed by atoms with van der Waals surface area (Å²) in [6.45, 7) is 1.92. The molecular formula is C18H17ClN4O. The maximum absolute atomic E-state index is 12.2. The first-order chi connectivity index (χ1) is 11.6. The highest BCUT2D eigenvalue weighted by Gasteiger charge is 2.13. The fourth-order valence-corrected chi connectivity index (χ4v) is 2.55. The van der Waals surface area contributed by atoms with E-state index < -0.39 is 0 Å². The number of aromatic amines is 1. The molecule has 2 heterocycles. The lowest BCUT2D eigenvalue weighted by atomic mass is 10.1. The number of halogens is 1. The van der Waals surface area contributed by atoms with Crippen LogP contribution < -0.4 is 5.32 Å². The van der Waals surface area contributed by atoms with E-state index in [0.29, 0.717) is 23.7 Å². The molecule has 2 N–H and O–H groups in total. The highest BCUT2D eigenvalue weighted by Crippen LogP contribution is 2.25. The van der Waals surface area contributed by atoms with Gasteiger partial charge in [0, 0.05) is 35.0 Å². The smallest absolute Gasteiger partial charge is 0.225 e. The van der Waals surface area contributed by atoms with Gasteiger partial charge in [0.25, 0.3) is 0 Å². The first kappa shape index (κ1) is 16.2. The molecule has 1 aromatic carbocycles. The molecule has 3 aromatic rings. The van der Waals surface area contributed by atoms with Gasteiger partial charge in [0.2, 0.25) is 5.91 Å². The Hall–Kier alpha value is -2.66. The Balaban J connectivity index is 1.63. The highest BCUT2D eigenvalue weighted by molar-refractivity contribution is 6.30. The van der Waals surface area contributed by atoms with E-state index in [9.17, 15) is 4.79 Å². The van der Waals surface area contributed by atoms with Crippen LogP contribution in [-0.4, -0.2) is 21.1 Å². The third-order valence-corrected chi connectivity index (χ3v) is 4.03. The minimum Gasteiger partial charge on any atom is -0.311 e. The Morgan fingerprint density at radius 2 is 1.88 bits per heavy atom. The molecule has 24 heavy (non-hydrogen) atoms. The lowest BCUT2D eigenvalue weighted by Gasteiger charge is -2.05. The molecule has 0 spiro atoms. The predicted molar refractivity (Wildman–Crippen MR) is 95.0 cm³/mol. The first-order valence-corrected chi connectivity index (χ1v) is 8.01. The summed E-state index contributed by atoms with van der Waals surface area (Å²) in [5, 5.41) is 10.8. The van der Waals surface area contributed by atoms with E-state index in [1.807, 2.05) is 43.3 Å². The van der Waals surface area contributed by atoms with Crippen molar-refractivity contribution in [3.8, 4) is 11.3 Å². The number of nitrogens with zero attached hydrogens (tertiary/aromatic N) is 2. The van der Waals surface area contributed by atoms with Gasteiger partial charge in [-0.3, -0.25) is 14.9 Å². The van der Waals surface area contributed by atoms with Gasteiger partial charge in [0.05, 0.1) is 5.69 Å². The summed E-state index contributed by atoms with van der Waals surface area (Å²) in [5.41, 5.74) is 3.75. The molecule has 0 radical (unpaired) electrons. The summed E-state index contributed by atoms with van der Waals surface area (Å²) in [6, 6.07) is 11.3. The van der Waals surface area contributed by atoms with Gasteiger partial charge in [0.1, 0.15) is 5.82 Å². The van der Waals surface area contributed by atoms with Crippen LogP contribution in [0.25, 0.3) is 11.3 Å². The zero-order valence-electron chi connectivity index (χ0n) is 13.2. The number of amides is 1. The first-order valence-electron chi connectivity index (χ1n) is 7.63. The minimum atomic E-state index is -0.0574. The van der Waals surface area contributed by atoms with Crippen molar-refractivity contribution in [3.63, 3.8) is 0 Å². The quantitative estimate of drug-likeness (QED) is 0.737. The number of carbonyl (C=O) groups excluding carboxylic acids is 1. The molecule has 0 bridgehead atoms. The third kappa shape index (κ3) is 3.81. The van der Waals surface area contributed by atoms with Gasteiger partial charge in [-0.25, -0.2) is 0 Å². The van der Waals surface area contributed by atoms with Crippen LogP contribution in [0, 0.1) is 6.92 Å². The van der Waals surface area contributed by atoms with Crippen molar-refractivity contribution >= 4 is 23.3 Å². The number of aryl methyl sites for hydroxylation is 1. The largest absolute Gasteiger partial charge is 0.311 e. The van der Waals surface area contributed by atoms with Crippen LogP contribution in [0.1, 0.15) is 17.5 Å². The van der Waals surface area contributed by atoms with Crippen LogP contribution in [0.4, 0.5) is 5.82 Å². The topological polar surface area (TPSA) is 70.7 Å². The number of hydrogen-bond donors (Lipinski definition) is 2. The molecule has 122 valence electrons. The van der Waals surface area contributed by atoms with E-state index in [2.05, 4.69) is 20.5 Å².